The van der Waals surface area contributed by atoms with E-state index in [-0.39, 0.29) is 18.1 Å². The van der Waals surface area contributed by atoms with Crippen molar-refractivity contribution < 1.29 is 18.1 Å². The number of benzene rings is 1. The molecule has 0 spiro atoms. The summed E-state index contributed by atoms with van der Waals surface area (Å²) in [5.74, 6) is 0. The van der Waals surface area contributed by atoms with E-state index in [0.717, 1.165) is 19.2 Å². The van der Waals surface area contributed by atoms with Crippen LogP contribution in [0.25, 0.3) is 0 Å². The lowest BCUT2D eigenvalue weighted by Gasteiger charge is -2.33. The maximum atomic E-state index is 12.6. The van der Waals surface area contributed by atoms with Crippen molar-refractivity contribution in [1.29, 1.82) is 0 Å². The van der Waals surface area contributed by atoms with Gasteiger partial charge in [-0.15, -0.1) is 12.4 Å². The van der Waals surface area contributed by atoms with Crippen LogP contribution in [0.15, 0.2) is 18.2 Å². The second kappa shape index (κ2) is 6.48. The quantitative estimate of drug-likeness (QED) is 0.620. The zero-order valence-corrected chi connectivity index (χ0v) is 12.1. The fourth-order valence-corrected chi connectivity index (χ4v) is 2.16. The minimum absolute atomic E-state index is 0. The Morgan fingerprint density at radius 1 is 1.19 bits per heavy atom. The lowest BCUT2D eigenvalue weighted by molar-refractivity contribution is -0.384. The maximum absolute atomic E-state index is 12.6. The standard InChI is InChI=1S/C12H14F3N3O2.ClH/c1-16-4-6-17(7-5-16)10-3-2-9(12(13,14)15)8-11(10)18(19)20;/h2-3,8H,4-7H2,1H3;1H. The Morgan fingerprint density at radius 2 is 1.76 bits per heavy atom. The fourth-order valence-electron chi connectivity index (χ4n) is 2.16. The molecule has 0 atom stereocenters. The summed E-state index contributed by atoms with van der Waals surface area (Å²) in [5, 5.41) is 11.0. The van der Waals surface area contributed by atoms with Crippen LogP contribution in [0.1, 0.15) is 5.56 Å². The van der Waals surface area contributed by atoms with Gasteiger partial charge >= 0.3 is 6.18 Å². The zero-order chi connectivity index (χ0) is 14.9. The molecule has 0 saturated carbocycles. The van der Waals surface area contributed by atoms with Crippen LogP contribution in [0.5, 0.6) is 0 Å². The Hall–Kier alpha value is -1.54. The Bertz CT molecular complexity index is 517. The van der Waals surface area contributed by atoms with Crippen LogP contribution in [0.3, 0.4) is 0 Å². The van der Waals surface area contributed by atoms with Crippen LogP contribution in [0.2, 0.25) is 0 Å². The van der Waals surface area contributed by atoms with Crippen LogP contribution in [-0.2, 0) is 6.18 Å². The predicted octanol–water partition coefficient (Wildman–Crippen LogP) is 2.79. The van der Waals surface area contributed by atoms with Gasteiger partial charge in [0, 0.05) is 32.2 Å². The molecule has 1 heterocycles. The first-order valence-corrected chi connectivity index (χ1v) is 6.08. The molecule has 1 saturated heterocycles. The summed E-state index contributed by atoms with van der Waals surface area (Å²) in [7, 11) is 1.93. The molecule has 9 heteroatoms. The van der Waals surface area contributed by atoms with E-state index in [1.54, 1.807) is 4.90 Å². The molecule has 0 N–H and O–H groups in total. The van der Waals surface area contributed by atoms with Gasteiger partial charge < -0.3 is 9.80 Å². The highest BCUT2D eigenvalue weighted by atomic mass is 35.5. The molecular formula is C12H15ClF3N3O2. The molecule has 21 heavy (non-hydrogen) atoms. The first-order valence-electron chi connectivity index (χ1n) is 6.08. The number of rotatable bonds is 2. The molecule has 5 nitrogen and oxygen atoms in total. The second-order valence-corrected chi connectivity index (χ2v) is 4.75. The van der Waals surface area contributed by atoms with E-state index in [0.29, 0.717) is 19.2 Å². The molecule has 0 radical (unpaired) electrons. The van der Waals surface area contributed by atoms with Crippen molar-refractivity contribution >= 4 is 23.8 Å². The second-order valence-electron chi connectivity index (χ2n) is 4.75. The maximum Gasteiger partial charge on any atom is 0.416 e. The topological polar surface area (TPSA) is 49.6 Å². The molecule has 1 aliphatic heterocycles. The van der Waals surface area contributed by atoms with Crippen LogP contribution in [0, 0.1) is 10.1 Å². The summed E-state index contributed by atoms with van der Waals surface area (Å²) in [6.45, 7) is 2.56. The van der Waals surface area contributed by atoms with Gasteiger partial charge in [0.05, 0.1) is 10.5 Å². The van der Waals surface area contributed by atoms with Gasteiger partial charge in [-0.05, 0) is 19.2 Å². The average molecular weight is 326 g/mol. The van der Waals surface area contributed by atoms with Crippen molar-refractivity contribution in [2.24, 2.45) is 0 Å². The third kappa shape index (κ3) is 3.98. The van der Waals surface area contributed by atoms with Gasteiger partial charge in [0.15, 0.2) is 0 Å². The minimum Gasteiger partial charge on any atom is -0.363 e. The summed E-state index contributed by atoms with van der Waals surface area (Å²) >= 11 is 0. The number of hydrogen-bond donors (Lipinski definition) is 0. The van der Waals surface area contributed by atoms with E-state index >= 15 is 0 Å². The molecule has 1 aliphatic rings. The Labute approximate surface area is 125 Å². The number of nitro groups is 1. The zero-order valence-electron chi connectivity index (χ0n) is 11.3. The summed E-state index contributed by atoms with van der Waals surface area (Å²) in [6.07, 6.45) is -4.58. The van der Waals surface area contributed by atoms with Crippen molar-refractivity contribution in [3.05, 3.63) is 33.9 Å². The monoisotopic (exact) mass is 325 g/mol. The molecule has 1 aromatic carbocycles. The van der Waals surface area contributed by atoms with Crippen molar-refractivity contribution in [3.63, 3.8) is 0 Å². The van der Waals surface area contributed by atoms with Gasteiger partial charge in [-0.1, -0.05) is 0 Å². The highest BCUT2D eigenvalue weighted by Crippen LogP contribution is 2.36. The van der Waals surface area contributed by atoms with Gasteiger partial charge in [-0.3, -0.25) is 10.1 Å². The Morgan fingerprint density at radius 3 is 2.24 bits per heavy atom. The molecule has 1 fully saturated rings. The Kier molecular flexibility index (Phi) is 5.41. The number of piperazine rings is 1. The smallest absolute Gasteiger partial charge is 0.363 e. The highest BCUT2D eigenvalue weighted by Gasteiger charge is 2.34. The summed E-state index contributed by atoms with van der Waals surface area (Å²) in [6, 6.07) is 2.68. The SMILES string of the molecule is CN1CCN(c2ccc(C(F)(F)F)cc2[N+](=O)[O-])CC1.Cl. The fraction of sp³-hybridized carbons (Fsp3) is 0.500. The van der Waals surface area contributed by atoms with Gasteiger partial charge in [0.2, 0.25) is 0 Å². The molecule has 2 rings (SSSR count). The largest absolute Gasteiger partial charge is 0.416 e. The normalized spacial score (nSPS) is 16.5. The third-order valence-corrected chi connectivity index (χ3v) is 3.34. The van der Waals surface area contributed by atoms with Gasteiger partial charge in [0.25, 0.3) is 5.69 Å². The Balaban J connectivity index is 0.00000220. The van der Waals surface area contributed by atoms with E-state index in [1.165, 1.54) is 6.07 Å². The van der Waals surface area contributed by atoms with Crippen molar-refractivity contribution in [3.8, 4) is 0 Å². The number of alkyl halides is 3. The number of anilines is 1. The first kappa shape index (κ1) is 17.5. The lowest BCUT2D eigenvalue weighted by atomic mass is 10.1. The molecule has 0 amide bonds. The number of halogens is 4. The predicted molar refractivity (Wildman–Crippen MR) is 75.1 cm³/mol. The minimum atomic E-state index is -4.58. The van der Waals surface area contributed by atoms with E-state index in [9.17, 15) is 23.3 Å². The van der Waals surface area contributed by atoms with Crippen molar-refractivity contribution in [1.82, 2.24) is 4.90 Å². The molecule has 1 aromatic rings. The summed E-state index contributed by atoms with van der Waals surface area (Å²) in [4.78, 5) is 14.1. The van der Waals surface area contributed by atoms with E-state index in [4.69, 9.17) is 0 Å². The van der Waals surface area contributed by atoms with Crippen LogP contribution < -0.4 is 4.90 Å². The van der Waals surface area contributed by atoms with Crippen LogP contribution in [-0.4, -0.2) is 43.0 Å². The van der Waals surface area contributed by atoms with Gasteiger partial charge in [-0.2, -0.15) is 13.2 Å². The molecule has 0 unspecified atom stereocenters. The third-order valence-electron chi connectivity index (χ3n) is 3.34. The number of likely N-dealkylation sites (N-methyl/N-ethyl adjacent to an activating group) is 1. The van der Waals surface area contributed by atoms with Crippen molar-refractivity contribution in [2.45, 2.75) is 6.18 Å². The highest BCUT2D eigenvalue weighted by molar-refractivity contribution is 5.85. The van der Waals surface area contributed by atoms with Gasteiger partial charge in [-0.25, -0.2) is 0 Å². The molecular weight excluding hydrogens is 311 g/mol. The van der Waals surface area contributed by atoms with Crippen LogP contribution in [0.4, 0.5) is 24.5 Å². The lowest BCUT2D eigenvalue weighted by Crippen LogP contribution is -2.44. The number of nitro benzene ring substituents is 1. The summed E-state index contributed by atoms with van der Waals surface area (Å²) < 4.78 is 37.8. The first-order chi connectivity index (χ1) is 9.29. The van der Waals surface area contributed by atoms with Crippen LogP contribution >= 0.6 is 12.4 Å². The van der Waals surface area contributed by atoms with E-state index < -0.39 is 22.4 Å². The number of hydrogen-bond acceptors (Lipinski definition) is 4. The molecule has 0 bridgehead atoms. The summed E-state index contributed by atoms with van der Waals surface area (Å²) in [5.41, 5.74) is -1.25. The molecule has 0 aliphatic carbocycles. The molecule has 118 valence electrons. The van der Waals surface area contributed by atoms with E-state index in [1.807, 2.05) is 7.05 Å². The van der Waals surface area contributed by atoms with Gasteiger partial charge in [0.1, 0.15) is 5.69 Å². The van der Waals surface area contributed by atoms with E-state index in [2.05, 4.69) is 4.90 Å². The molecule has 0 aromatic heterocycles. The van der Waals surface area contributed by atoms with Crippen molar-refractivity contribution in [2.75, 3.05) is 38.1 Å². The average Bonchev–Trinajstić information content (AvgIpc) is 2.38. The number of nitrogens with zero attached hydrogens (tertiary/aromatic N) is 3.